The predicted molar refractivity (Wildman–Crippen MR) is 72.7 cm³/mol. The minimum atomic E-state index is 0.847. The van der Waals surface area contributed by atoms with Gasteiger partial charge in [-0.15, -0.1) is 11.8 Å². The van der Waals surface area contributed by atoms with Crippen LogP contribution in [0.15, 0.2) is 23.4 Å². The Labute approximate surface area is 107 Å². The first-order valence-electron chi connectivity index (χ1n) is 6.41. The van der Waals surface area contributed by atoms with Crippen molar-refractivity contribution in [3.05, 3.63) is 18.3 Å². The third kappa shape index (κ3) is 2.29. The molecule has 0 bridgehead atoms. The first-order chi connectivity index (χ1) is 8.36. The predicted octanol–water partition coefficient (Wildman–Crippen LogP) is 1.85. The van der Waals surface area contributed by atoms with E-state index in [0.29, 0.717) is 0 Å². The highest BCUT2D eigenvalue weighted by atomic mass is 32.2. The molecule has 92 valence electrons. The van der Waals surface area contributed by atoms with Gasteiger partial charge in [0.1, 0.15) is 0 Å². The number of hydrogen-bond acceptors (Lipinski definition) is 4. The van der Waals surface area contributed by atoms with Crippen molar-refractivity contribution in [3.8, 4) is 0 Å². The fourth-order valence-corrected chi connectivity index (χ4v) is 3.45. The van der Waals surface area contributed by atoms with Gasteiger partial charge >= 0.3 is 0 Å². The van der Waals surface area contributed by atoms with Crippen molar-refractivity contribution in [2.24, 2.45) is 11.8 Å². The van der Waals surface area contributed by atoms with E-state index in [1.165, 1.54) is 31.9 Å². The van der Waals surface area contributed by atoms with Crippen LogP contribution in [0.3, 0.4) is 0 Å². The molecule has 3 rings (SSSR count). The molecule has 0 aromatic carbocycles. The van der Waals surface area contributed by atoms with Crippen LogP contribution in [0.4, 0.5) is 5.69 Å². The summed E-state index contributed by atoms with van der Waals surface area (Å²) in [4.78, 5) is 7.00. The number of anilines is 1. The Morgan fingerprint density at radius 2 is 2.12 bits per heavy atom. The van der Waals surface area contributed by atoms with Gasteiger partial charge in [-0.2, -0.15) is 0 Å². The van der Waals surface area contributed by atoms with Gasteiger partial charge in [0.15, 0.2) is 0 Å². The molecule has 0 saturated carbocycles. The van der Waals surface area contributed by atoms with E-state index in [9.17, 15) is 0 Å². The number of aromatic nitrogens is 1. The third-order valence-corrected chi connectivity index (χ3v) is 4.59. The van der Waals surface area contributed by atoms with Crippen molar-refractivity contribution in [1.29, 1.82) is 0 Å². The number of rotatable bonds is 3. The minimum Gasteiger partial charge on any atom is -0.370 e. The van der Waals surface area contributed by atoms with Gasteiger partial charge in [0.2, 0.25) is 0 Å². The largest absolute Gasteiger partial charge is 0.370 e. The van der Waals surface area contributed by atoms with Crippen LogP contribution in [0.1, 0.15) is 6.92 Å². The maximum absolute atomic E-state index is 4.51. The van der Waals surface area contributed by atoms with Gasteiger partial charge in [0, 0.05) is 26.2 Å². The first-order valence-corrected chi connectivity index (χ1v) is 7.40. The number of nitrogens with zero attached hydrogens (tertiary/aromatic N) is 2. The highest BCUT2D eigenvalue weighted by Gasteiger charge is 2.36. The Kier molecular flexibility index (Phi) is 3.25. The first kappa shape index (κ1) is 11.4. The molecule has 2 atom stereocenters. The Bertz CT molecular complexity index is 367. The summed E-state index contributed by atoms with van der Waals surface area (Å²) in [6.07, 6.45) is 2.03. The lowest BCUT2D eigenvalue weighted by atomic mass is 10.0. The van der Waals surface area contributed by atoms with E-state index in [4.69, 9.17) is 0 Å². The van der Waals surface area contributed by atoms with Crippen LogP contribution < -0.4 is 10.2 Å². The number of nitrogens with one attached hydrogen (secondary N) is 1. The van der Waals surface area contributed by atoms with Crippen LogP contribution in [0.5, 0.6) is 0 Å². The van der Waals surface area contributed by atoms with Crippen LogP contribution in [-0.4, -0.2) is 36.9 Å². The van der Waals surface area contributed by atoms with Gasteiger partial charge < -0.3 is 10.2 Å². The van der Waals surface area contributed by atoms with Gasteiger partial charge in [-0.25, -0.2) is 4.98 Å². The smallest absolute Gasteiger partial charge is 0.0961 e. The number of pyridine rings is 1. The lowest BCUT2D eigenvalue weighted by Gasteiger charge is -2.19. The molecule has 1 aromatic heterocycles. The van der Waals surface area contributed by atoms with Crippen molar-refractivity contribution in [3.63, 3.8) is 0 Å². The van der Waals surface area contributed by atoms with E-state index in [2.05, 4.69) is 34.3 Å². The zero-order valence-electron chi connectivity index (χ0n) is 10.2. The molecule has 4 heteroatoms. The van der Waals surface area contributed by atoms with Gasteiger partial charge in [-0.05, 0) is 29.7 Å². The lowest BCUT2D eigenvalue weighted by molar-refractivity contribution is 0.533. The summed E-state index contributed by atoms with van der Waals surface area (Å²) in [5.41, 5.74) is 1.29. The molecule has 2 unspecified atom stereocenters. The average molecular weight is 249 g/mol. The van der Waals surface area contributed by atoms with Crippen LogP contribution >= 0.6 is 11.8 Å². The van der Waals surface area contributed by atoms with Crippen LogP contribution in [0, 0.1) is 11.8 Å². The van der Waals surface area contributed by atoms with Crippen LogP contribution in [0.2, 0.25) is 0 Å². The fourth-order valence-electron chi connectivity index (χ4n) is 2.86. The molecule has 2 aliphatic heterocycles. The Morgan fingerprint density at radius 3 is 2.71 bits per heavy atom. The third-order valence-electron chi connectivity index (χ3n) is 3.77. The zero-order chi connectivity index (χ0) is 11.7. The molecule has 0 spiro atoms. The van der Waals surface area contributed by atoms with Gasteiger partial charge in [0.05, 0.1) is 16.9 Å². The van der Waals surface area contributed by atoms with Crippen molar-refractivity contribution >= 4 is 17.4 Å². The van der Waals surface area contributed by atoms with E-state index in [0.717, 1.165) is 22.6 Å². The molecule has 3 heterocycles. The second-order valence-electron chi connectivity index (χ2n) is 4.87. The molecule has 0 amide bonds. The normalized spacial score (nSPS) is 27.5. The lowest BCUT2D eigenvalue weighted by Crippen LogP contribution is -2.25. The molecule has 1 N–H and O–H groups in total. The maximum Gasteiger partial charge on any atom is 0.0961 e. The van der Waals surface area contributed by atoms with E-state index in [1.54, 1.807) is 11.8 Å². The van der Waals surface area contributed by atoms with E-state index in [-0.39, 0.29) is 0 Å². The Morgan fingerprint density at radius 1 is 1.35 bits per heavy atom. The Balaban J connectivity index is 1.68. The molecular formula is C13H19N3S. The summed E-state index contributed by atoms with van der Waals surface area (Å²) >= 11 is 1.80. The number of fused-ring (bicyclic) bond motifs is 1. The standard InChI is InChI=1S/C13H19N3S/c1-2-17-13-4-3-12(7-15-13)16-8-10-5-14-6-11(10)9-16/h3-4,7,10-11,14H,2,5-6,8-9H2,1H3. The van der Waals surface area contributed by atoms with E-state index in [1.807, 2.05) is 6.20 Å². The van der Waals surface area contributed by atoms with Crippen LogP contribution in [-0.2, 0) is 0 Å². The summed E-state index contributed by atoms with van der Waals surface area (Å²) in [7, 11) is 0. The summed E-state index contributed by atoms with van der Waals surface area (Å²) < 4.78 is 0. The SMILES string of the molecule is CCSc1ccc(N2CC3CNCC3C2)cn1. The molecule has 0 radical (unpaired) electrons. The molecule has 3 nitrogen and oxygen atoms in total. The summed E-state index contributed by atoms with van der Waals surface area (Å²) in [5.74, 6) is 2.78. The van der Waals surface area contributed by atoms with Gasteiger partial charge in [-0.1, -0.05) is 6.92 Å². The molecule has 1 aromatic rings. The quantitative estimate of drug-likeness (QED) is 0.828. The molecule has 17 heavy (non-hydrogen) atoms. The summed E-state index contributed by atoms with van der Waals surface area (Å²) in [6.45, 7) is 6.94. The fraction of sp³-hybridized carbons (Fsp3) is 0.615. The Hall–Kier alpha value is -0.740. The molecule has 2 saturated heterocycles. The molecule has 2 aliphatic rings. The minimum absolute atomic E-state index is 0.847. The molecule has 0 aliphatic carbocycles. The maximum atomic E-state index is 4.51. The van der Waals surface area contributed by atoms with Gasteiger partial charge in [-0.3, -0.25) is 0 Å². The highest BCUT2D eigenvalue weighted by Crippen LogP contribution is 2.30. The van der Waals surface area contributed by atoms with Crippen LogP contribution in [0.25, 0.3) is 0 Å². The van der Waals surface area contributed by atoms with Crippen molar-refractivity contribution in [1.82, 2.24) is 10.3 Å². The van der Waals surface area contributed by atoms with Crippen molar-refractivity contribution in [2.45, 2.75) is 11.9 Å². The average Bonchev–Trinajstić information content (AvgIpc) is 2.90. The molecular weight excluding hydrogens is 230 g/mol. The number of hydrogen-bond donors (Lipinski definition) is 1. The second kappa shape index (κ2) is 4.86. The van der Waals surface area contributed by atoms with Crippen molar-refractivity contribution < 1.29 is 0 Å². The second-order valence-corrected chi connectivity index (χ2v) is 6.16. The molecule has 2 fully saturated rings. The monoisotopic (exact) mass is 249 g/mol. The van der Waals surface area contributed by atoms with Crippen molar-refractivity contribution in [2.75, 3.05) is 36.8 Å². The summed E-state index contributed by atoms with van der Waals surface area (Å²) in [5, 5.41) is 4.61. The highest BCUT2D eigenvalue weighted by molar-refractivity contribution is 7.99. The topological polar surface area (TPSA) is 28.2 Å². The zero-order valence-corrected chi connectivity index (χ0v) is 11.0. The van der Waals surface area contributed by atoms with Gasteiger partial charge in [0.25, 0.3) is 0 Å². The number of thioether (sulfide) groups is 1. The summed E-state index contributed by atoms with van der Waals surface area (Å²) in [6, 6.07) is 4.37. The van der Waals surface area contributed by atoms with E-state index >= 15 is 0 Å². The van der Waals surface area contributed by atoms with E-state index < -0.39 is 0 Å².